The van der Waals surface area contributed by atoms with E-state index in [1.54, 1.807) is 6.20 Å². The molecule has 0 N–H and O–H groups in total. The molecule has 38 heavy (non-hydrogen) atoms. The average molecular weight is 529 g/mol. The Hall–Kier alpha value is -3.51. The molecule has 1 unspecified atom stereocenters. The van der Waals surface area contributed by atoms with Gasteiger partial charge in [0.05, 0.1) is 41.9 Å². The highest BCUT2D eigenvalue weighted by atomic mass is 35.5. The van der Waals surface area contributed by atoms with Gasteiger partial charge in [-0.3, -0.25) is 4.90 Å². The van der Waals surface area contributed by atoms with Gasteiger partial charge in [-0.25, -0.2) is 9.97 Å². The van der Waals surface area contributed by atoms with Gasteiger partial charge in [-0.05, 0) is 55.2 Å². The fraction of sp³-hybridized carbons (Fsp3) is 0.379. The lowest BCUT2D eigenvalue weighted by atomic mass is 10.1. The van der Waals surface area contributed by atoms with E-state index in [4.69, 9.17) is 26.1 Å². The smallest absolute Gasteiger partial charge is 0.216 e. The molecule has 2 fully saturated rings. The zero-order valence-electron chi connectivity index (χ0n) is 21.1. The molecular formula is C29H29ClN6O2. The van der Waals surface area contributed by atoms with Crippen LogP contribution in [0.2, 0.25) is 5.02 Å². The van der Waals surface area contributed by atoms with Gasteiger partial charge in [0.2, 0.25) is 5.88 Å². The number of rotatable bonds is 8. The first-order chi connectivity index (χ1) is 18.6. The van der Waals surface area contributed by atoms with Crippen molar-refractivity contribution >= 4 is 22.6 Å². The summed E-state index contributed by atoms with van der Waals surface area (Å²) in [6, 6.07) is 17.5. The van der Waals surface area contributed by atoms with Crippen LogP contribution in [0.15, 0.2) is 54.7 Å². The Bertz CT molecular complexity index is 1450. The first-order valence-electron chi connectivity index (χ1n) is 13.1. The lowest BCUT2D eigenvalue weighted by molar-refractivity contribution is -0.0592. The van der Waals surface area contributed by atoms with Gasteiger partial charge in [0.1, 0.15) is 17.8 Å². The first kappa shape index (κ1) is 24.8. The molecule has 2 aliphatic heterocycles. The van der Waals surface area contributed by atoms with E-state index >= 15 is 0 Å². The number of fused-ring (bicyclic) bond motifs is 1. The summed E-state index contributed by atoms with van der Waals surface area (Å²) >= 11 is 5.99. The molecule has 1 atom stereocenters. The van der Waals surface area contributed by atoms with E-state index in [9.17, 15) is 5.26 Å². The summed E-state index contributed by atoms with van der Waals surface area (Å²) in [5.41, 5.74) is 3.67. The molecule has 8 nitrogen and oxygen atoms in total. The summed E-state index contributed by atoms with van der Waals surface area (Å²) in [5, 5.41) is 10.0. The van der Waals surface area contributed by atoms with Gasteiger partial charge >= 0.3 is 0 Å². The van der Waals surface area contributed by atoms with Crippen LogP contribution in [0, 0.1) is 11.3 Å². The summed E-state index contributed by atoms with van der Waals surface area (Å²) in [4.78, 5) is 16.4. The monoisotopic (exact) mass is 528 g/mol. The molecule has 2 aromatic carbocycles. The standard InChI is InChI=1S/C29H29ClN6O2/c30-22-4-1-20(2-5-22)16-27-32-11-7-29(34-27)38-23-8-12-35(13-9-23)19-28-33-25-15-21(17-31)3-6-26(25)36(28)18-24-10-14-37-24/h1-7,11,15,23-24H,8-10,12-14,16,18-19H2. The third-order valence-corrected chi connectivity index (χ3v) is 7.53. The molecular weight excluding hydrogens is 500 g/mol. The zero-order chi connectivity index (χ0) is 25.9. The van der Waals surface area contributed by atoms with E-state index in [0.717, 1.165) is 85.3 Å². The second kappa shape index (κ2) is 11.1. The minimum absolute atomic E-state index is 0.116. The van der Waals surface area contributed by atoms with Gasteiger partial charge in [-0.1, -0.05) is 23.7 Å². The molecule has 194 valence electrons. The van der Waals surface area contributed by atoms with Crippen LogP contribution in [0.4, 0.5) is 0 Å². The van der Waals surface area contributed by atoms with Gasteiger partial charge in [0.25, 0.3) is 0 Å². The fourth-order valence-corrected chi connectivity index (χ4v) is 5.20. The van der Waals surface area contributed by atoms with Crippen molar-refractivity contribution in [2.24, 2.45) is 0 Å². The minimum atomic E-state index is 0.116. The maximum absolute atomic E-state index is 9.31. The second-order valence-corrected chi connectivity index (χ2v) is 10.4. The van der Waals surface area contributed by atoms with Gasteiger partial charge < -0.3 is 14.0 Å². The van der Waals surface area contributed by atoms with Crippen LogP contribution < -0.4 is 4.74 Å². The number of aromatic nitrogens is 4. The summed E-state index contributed by atoms with van der Waals surface area (Å²) < 4.78 is 14.2. The number of piperidine rings is 1. The SMILES string of the molecule is N#Cc1ccc2c(c1)nc(CN1CCC(Oc3ccnc(Cc4ccc(Cl)cc4)n3)CC1)n2CC1CCO1. The summed E-state index contributed by atoms with van der Waals surface area (Å²) in [6.07, 6.45) is 5.65. The van der Waals surface area contributed by atoms with E-state index in [2.05, 4.69) is 25.5 Å². The van der Waals surface area contributed by atoms with Crippen LogP contribution in [0.1, 0.15) is 42.0 Å². The number of ether oxygens (including phenoxy) is 2. The van der Waals surface area contributed by atoms with E-state index in [1.165, 1.54) is 0 Å². The van der Waals surface area contributed by atoms with Crippen LogP contribution in [-0.2, 0) is 24.2 Å². The molecule has 6 rings (SSSR count). The molecule has 9 heteroatoms. The van der Waals surface area contributed by atoms with E-state index < -0.39 is 0 Å². The van der Waals surface area contributed by atoms with E-state index in [1.807, 2.05) is 48.5 Å². The van der Waals surface area contributed by atoms with Crippen LogP contribution in [0.25, 0.3) is 11.0 Å². The van der Waals surface area contributed by atoms with Gasteiger partial charge in [0.15, 0.2) is 0 Å². The first-order valence-corrected chi connectivity index (χ1v) is 13.5. The molecule has 0 aliphatic carbocycles. The zero-order valence-corrected chi connectivity index (χ0v) is 21.8. The molecule has 0 spiro atoms. The van der Waals surface area contributed by atoms with Gasteiger partial charge in [0, 0.05) is 43.4 Å². The highest BCUT2D eigenvalue weighted by Gasteiger charge is 2.25. The average Bonchev–Trinajstić information content (AvgIpc) is 3.24. The number of halogens is 1. The molecule has 0 radical (unpaired) electrons. The molecule has 0 amide bonds. The van der Waals surface area contributed by atoms with Crippen LogP contribution >= 0.6 is 11.6 Å². The Morgan fingerprint density at radius 2 is 1.87 bits per heavy atom. The lowest BCUT2D eigenvalue weighted by Crippen LogP contribution is -2.39. The topological polar surface area (TPSA) is 89.1 Å². The second-order valence-electron chi connectivity index (χ2n) is 9.94. The van der Waals surface area contributed by atoms with Crippen molar-refractivity contribution in [2.75, 3.05) is 19.7 Å². The number of hydrogen-bond acceptors (Lipinski definition) is 7. The maximum atomic E-state index is 9.31. The van der Waals surface area contributed by atoms with E-state index in [0.29, 0.717) is 17.9 Å². The fourth-order valence-electron chi connectivity index (χ4n) is 5.08. The quantitative estimate of drug-likeness (QED) is 0.325. The molecule has 4 heterocycles. The Morgan fingerprint density at radius 3 is 2.61 bits per heavy atom. The number of benzene rings is 2. The van der Waals surface area contributed by atoms with Crippen LogP contribution in [0.5, 0.6) is 5.88 Å². The highest BCUT2D eigenvalue weighted by molar-refractivity contribution is 6.30. The van der Waals surface area contributed by atoms with Crippen LogP contribution in [0.3, 0.4) is 0 Å². The predicted molar refractivity (Wildman–Crippen MR) is 144 cm³/mol. The molecule has 0 saturated carbocycles. The largest absolute Gasteiger partial charge is 0.474 e. The van der Waals surface area contributed by atoms with Crippen molar-refractivity contribution in [1.82, 2.24) is 24.4 Å². The third kappa shape index (κ3) is 5.65. The normalized spacial score (nSPS) is 18.3. The Labute approximate surface area is 226 Å². The highest BCUT2D eigenvalue weighted by Crippen LogP contribution is 2.25. The molecule has 0 bridgehead atoms. The van der Waals surface area contributed by atoms with Crippen molar-refractivity contribution < 1.29 is 9.47 Å². The molecule has 2 aromatic heterocycles. The van der Waals surface area contributed by atoms with Crippen molar-refractivity contribution in [3.8, 4) is 11.9 Å². The lowest BCUT2D eigenvalue weighted by Gasteiger charge is -2.32. The minimum Gasteiger partial charge on any atom is -0.474 e. The Balaban J connectivity index is 1.08. The summed E-state index contributed by atoms with van der Waals surface area (Å²) in [5.74, 6) is 2.38. The summed E-state index contributed by atoms with van der Waals surface area (Å²) in [6.45, 7) is 4.21. The Morgan fingerprint density at radius 1 is 1.05 bits per heavy atom. The van der Waals surface area contributed by atoms with Crippen molar-refractivity contribution in [3.63, 3.8) is 0 Å². The van der Waals surface area contributed by atoms with Gasteiger partial charge in [-0.15, -0.1) is 0 Å². The van der Waals surface area contributed by atoms with E-state index in [-0.39, 0.29) is 12.2 Å². The molecule has 2 aliphatic rings. The van der Waals surface area contributed by atoms with Crippen molar-refractivity contribution in [3.05, 3.63) is 82.5 Å². The van der Waals surface area contributed by atoms with Crippen molar-refractivity contribution in [1.29, 1.82) is 5.26 Å². The summed E-state index contributed by atoms with van der Waals surface area (Å²) in [7, 11) is 0. The Kier molecular flexibility index (Phi) is 7.23. The maximum Gasteiger partial charge on any atom is 0.216 e. The number of imidazole rings is 1. The van der Waals surface area contributed by atoms with Gasteiger partial charge in [-0.2, -0.15) is 10.2 Å². The number of nitriles is 1. The number of likely N-dealkylation sites (tertiary alicyclic amines) is 1. The third-order valence-electron chi connectivity index (χ3n) is 7.28. The molecule has 4 aromatic rings. The van der Waals surface area contributed by atoms with Crippen LogP contribution in [-0.4, -0.2) is 56.3 Å². The molecule has 2 saturated heterocycles. The number of hydrogen-bond donors (Lipinski definition) is 0. The number of nitrogens with zero attached hydrogens (tertiary/aromatic N) is 6. The van der Waals surface area contributed by atoms with Crippen molar-refractivity contribution in [2.45, 2.75) is 51.0 Å². The predicted octanol–water partition coefficient (Wildman–Crippen LogP) is 4.77.